The highest BCUT2D eigenvalue weighted by Crippen LogP contribution is 2.05. The van der Waals surface area contributed by atoms with Crippen LogP contribution in [-0.2, 0) is 9.59 Å². The molecule has 2 atom stereocenters. The molecule has 0 saturated carbocycles. The van der Waals surface area contributed by atoms with Crippen molar-refractivity contribution in [2.45, 2.75) is 40.0 Å². The average molecular weight is 215 g/mol. The predicted molar refractivity (Wildman–Crippen MR) is 58.5 cm³/mol. The third kappa shape index (κ3) is 6.94. The van der Waals surface area contributed by atoms with Crippen LogP contribution in [0.25, 0.3) is 0 Å². The molecular formula is C11H21NO3. The van der Waals surface area contributed by atoms with Crippen molar-refractivity contribution < 1.29 is 14.7 Å². The van der Waals surface area contributed by atoms with Gasteiger partial charge < -0.3 is 10.4 Å². The second kappa shape index (κ2) is 7.26. The first-order valence-corrected chi connectivity index (χ1v) is 5.46. The molecule has 0 aromatic rings. The van der Waals surface area contributed by atoms with Crippen molar-refractivity contribution in [1.29, 1.82) is 0 Å². The van der Waals surface area contributed by atoms with Crippen LogP contribution in [0.3, 0.4) is 0 Å². The standard InChI is InChI=1S/C11H21NO3/c1-4-9(3)11(15)12-7-8(2)5-6-10(13)14/h8-9H,4-7H2,1-3H3,(H,12,15)(H,13,14). The zero-order valence-electron chi connectivity index (χ0n) is 9.75. The molecule has 0 aliphatic heterocycles. The Hall–Kier alpha value is -1.06. The first-order valence-electron chi connectivity index (χ1n) is 5.46. The number of aliphatic carboxylic acids is 1. The lowest BCUT2D eigenvalue weighted by atomic mass is 10.0. The molecule has 0 aromatic heterocycles. The Morgan fingerprint density at radius 3 is 2.40 bits per heavy atom. The molecular weight excluding hydrogens is 194 g/mol. The Morgan fingerprint density at radius 1 is 1.33 bits per heavy atom. The van der Waals surface area contributed by atoms with Crippen LogP contribution in [0, 0.1) is 11.8 Å². The van der Waals surface area contributed by atoms with Crippen LogP contribution in [-0.4, -0.2) is 23.5 Å². The van der Waals surface area contributed by atoms with E-state index in [0.29, 0.717) is 13.0 Å². The van der Waals surface area contributed by atoms with Crippen molar-refractivity contribution in [3.8, 4) is 0 Å². The summed E-state index contributed by atoms with van der Waals surface area (Å²) in [6.45, 7) is 6.37. The van der Waals surface area contributed by atoms with E-state index < -0.39 is 5.97 Å². The van der Waals surface area contributed by atoms with E-state index in [1.807, 2.05) is 20.8 Å². The molecule has 2 unspecified atom stereocenters. The largest absolute Gasteiger partial charge is 0.481 e. The molecule has 0 aliphatic rings. The van der Waals surface area contributed by atoms with E-state index in [1.165, 1.54) is 0 Å². The van der Waals surface area contributed by atoms with Crippen molar-refractivity contribution in [3.05, 3.63) is 0 Å². The quantitative estimate of drug-likeness (QED) is 0.678. The molecule has 0 saturated heterocycles. The number of amides is 1. The number of carboxylic acids is 1. The molecule has 4 heteroatoms. The topological polar surface area (TPSA) is 66.4 Å². The Bertz CT molecular complexity index is 216. The molecule has 0 fully saturated rings. The van der Waals surface area contributed by atoms with Crippen LogP contribution in [0.15, 0.2) is 0 Å². The summed E-state index contributed by atoms with van der Waals surface area (Å²) in [5.74, 6) is -0.472. The van der Waals surface area contributed by atoms with Gasteiger partial charge in [0, 0.05) is 18.9 Å². The molecule has 2 N–H and O–H groups in total. The van der Waals surface area contributed by atoms with Gasteiger partial charge in [-0.2, -0.15) is 0 Å². The van der Waals surface area contributed by atoms with Crippen molar-refractivity contribution in [2.75, 3.05) is 6.54 Å². The van der Waals surface area contributed by atoms with E-state index in [2.05, 4.69) is 5.32 Å². The van der Waals surface area contributed by atoms with Crippen LogP contribution in [0.4, 0.5) is 0 Å². The Balaban J connectivity index is 3.66. The molecule has 4 nitrogen and oxygen atoms in total. The smallest absolute Gasteiger partial charge is 0.303 e. The molecule has 0 aliphatic carbocycles. The maximum Gasteiger partial charge on any atom is 0.303 e. The van der Waals surface area contributed by atoms with Gasteiger partial charge in [-0.15, -0.1) is 0 Å². The highest BCUT2D eigenvalue weighted by Gasteiger charge is 2.11. The molecule has 0 bridgehead atoms. The number of hydrogen-bond donors (Lipinski definition) is 2. The monoisotopic (exact) mass is 215 g/mol. The molecule has 88 valence electrons. The zero-order valence-corrected chi connectivity index (χ0v) is 9.75. The van der Waals surface area contributed by atoms with Gasteiger partial charge in [-0.05, 0) is 18.8 Å². The average Bonchev–Trinajstić information content (AvgIpc) is 2.21. The number of nitrogens with one attached hydrogen (secondary N) is 1. The SMILES string of the molecule is CCC(C)C(=O)NCC(C)CCC(=O)O. The van der Waals surface area contributed by atoms with Crippen molar-refractivity contribution in [1.82, 2.24) is 5.32 Å². The van der Waals surface area contributed by atoms with Gasteiger partial charge in [-0.1, -0.05) is 20.8 Å². The van der Waals surface area contributed by atoms with Gasteiger partial charge in [-0.3, -0.25) is 9.59 Å². The van der Waals surface area contributed by atoms with Gasteiger partial charge in [0.1, 0.15) is 0 Å². The molecule has 0 radical (unpaired) electrons. The number of rotatable bonds is 7. The number of hydrogen-bond acceptors (Lipinski definition) is 2. The van der Waals surface area contributed by atoms with E-state index in [1.54, 1.807) is 0 Å². The van der Waals surface area contributed by atoms with Crippen LogP contribution >= 0.6 is 0 Å². The third-order valence-electron chi connectivity index (χ3n) is 2.54. The highest BCUT2D eigenvalue weighted by atomic mass is 16.4. The summed E-state index contributed by atoms with van der Waals surface area (Å²) >= 11 is 0. The van der Waals surface area contributed by atoms with E-state index in [-0.39, 0.29) is 24.2 Å². The fourth-order valence-corrected chi connectivity index (χ4v) is 1.11. The fourth-order valence-electron chi connectivity index (χ4n) is 1.11. The molecule has 1 amide bonds. The van der Waals surface area contributed by atoms with Gasteiger partial charge in [0.25, 0.3) is 0 Å². The lowest BCUT2D eigenvalue weighted by molar-refractivity contribution is -0.137. The summed E-state index contributed by atoms with van der Waals surface area (Å²) in [5.41, 5.74) is 0. The van der Waals surface area contributed by atoms with E-state index in [9.17, 15) is 9.59 Å². The van der Waals surface area contributed by atoms with Gasteiger partial charge in [0.2, 0.25) is 5.91 Å². The van der Waals surface area contributed by atoms with Crippen LogP contribution in [0.5, 0.6) is 0 Å². The maximum absolute atomic E-state index is 11.4. The molecule has 0 heterocycles. The lowest BCUT2D eigenvalue weighted by Gasteiger charge is -2.14. The van der Waals surface area contributed by atoms with Gasteiger partial charge >= 0.3 is 5.97 Å². The minimum Gasteiger partial charge on any atom is -0.481 e. The maximum atomic E-state index is 11.4. The summed E-state index contributed by atoms with van der Waals surface area (Å²) < 4.78 is 0. The minimum absolute atomic E-state index is 0.0386. The van der Waals surface area contributed by atoms with Gasteiger partial charge in [0.05, 0.1) is 0 Å². The van der Waals surface area contributed by atoms with Crippen LogP contribution in [0.2, 0.25) is 0 Å². The number of carbonyl (C=O) groups is 2. The van der Waals surface area contributed by atoms with Crippen LogP contribution < -0.4 is 5.32 Å². The van der Waals surface area contributed by atoms with Crippen molar-refractivity contribution in [3.63, 3.8) is 0 Å². The van der Waals surface area contributed by atoms with Gasteiger partial charge in [-0.25, -0.2) is 0 Å². The number of carboxylic acid groups (broad SMARTS) is 1. The minimum atomic E-state index is -0.782. The second-order valence-electron chi connectivity index (χ2n) is 4.09. The summed E-state index contributed by atoms with van der Waals surface area (Å²) in [7, 11) is 0. The van der Waals surface area contributed by atoms with E-state index in [0.717, 1.165) is 6.42 Å². The molecule has 0 aromatic carbocycles. The van der Waals surface area contributed by atoms with Gasteiger partial charge in [0.15, 0.2) is 0 Å². The molecule has 0 rings (SSSR count). The van der Waals surface area contributed by atoms with Crippen molar-refractivity contribution >= 4 is 11.9 Å². The second-order valence-corrected chi connectivity index (χ2v) is 4.09. The zero-order chi connectivity index (χ0) is 11.8. The summed E-state index contributed by atoms with van der Waals surface area (Å²) in [5, 5.41) is 11.3. The Morgan fingerprint density at radius 2 is 1.93 bits per heavy atom. The molecule has 0 spiro atoms. The normalized spacial score (nSPS) is 14.3. The van der Waals surface area contributed by atoms with E-state index in [4.69, 9.17) is 5.11 Å². The van der Waals surface area contributed by atoms with Crippen molar-refractivity contribution in [2.24, 2.45) is 11.8 Å². The summed E-state index contributed by atoms with van der Waals surface area (Å²) in [6.07, 6.45) is 1.60. The Labute approximate surface area is 91.1 Å². The lowest BCUT2D eigenvalue weighted by Crippen LogP contribution is -2.32. The molecule has 15 heavy (non-hydrogen) atoms. The third-order valence-corrected chi connectivity index (χ3v) is 2.54. The number of carbonyl (C=O) groups excluding carboxylic acids is 1. The highest BCUT2D eigenvalue weighted by molar-refractivity contribution is 5.78. The summed E-state index contributed by atoms with van der Waals surface area (Å²) in [6, 6.07) is 0. The van der Waals surface area contributed by atoms with Crippen LogP contribution in [0.1, 0.15) is 40.0 Å². The summed E-state index contributed by atoms with van der Waals surface area (Å²) in [4.78, 5) is 21.7. The first kappa shape index (κ1) is 13.9. The first-order chi connectivity index (χ1) is 6.97. The fraction of sp³-hybridized carbons (Fsp3) is 0.818. The predicted octanol–water partition coefficient (Wildman–Crippen LogP) is 1.65. The Kier molecular flexibility index (Phi) is 6.75. The van der Waals surface area contributed by atoms with E-state index >= 15 is 0 Å².